The van der Waals surface area contributed by atoms with Gasteiger partial charge in [-0.05, 0) is 19.0 Å². The van der Waals surface area contributed by atoms with Crippen molar-refractivity contribution in [3.05, 3.63) is 0 Å². The molecule has 0 fully saturated rings. The van der Waals surface area contributed by atoms with Crippen LogP contribution in [0.15, 0.2) is 0 Å². The van der Waals surface area contributed by atoms with E-state index in [4.69, 9.17) is 11.5 Å². The Kier molecular flexibility index (Phi) is 5.93. The van der Waals surface area contributed by atoms with Crippen LogP contribution in [0.5, 0.6) is 0 Å². The Hall–Kier alpha value is -0.120. The highest BCUT2D eigenvalue weighted by molar-refractivity contribution is 4.56. The fourth-order valence-corrected chi connectivity index (χ4v) is 0.534. The maximum Gasteiger partial charge on any atom is 0.00746 e. The van der Waals surface area contributed by atoms with Crippen molar-refractivity contribution < 1.29 is 0 Å². The molecule has 9 heavy (non-hydrogen) atoms. The van der Waals surface area contributed by atoms with E-state index in [1.165, 1.54) is 0 Å². The van der Waals surface area contributed by atoms with Crippen molar-refractivity contribution in [3.8, 4) is 0 Å². The molecule has 0 amide bonds. The van der Waals surface area contributed by atoms with Gasteiger partial charge in [0.2, 0.25) is 0 Å². The molecule has 1 unspecified atom stereocenters. The van der Waals surface area contributed by atoms with E-state index in [0.29, 0.717) is 12.5 Å². The summed E-state index contributed by atoms with van der Waals surface area (Å²) in [5.41, 5.74) is 10.6. The summed E-state index contributed by atoms with van der Waals surface area (Å²) in [6.45, 7) is 5.44. The minimum atomic E-state index is 0.566. The molecule has 0 aliphatic heterocycles. The molecule has 5 N–H and O–H groups in total. The summed E-state index contributed by atoms with van der Waals surface area (Å²) in [6, 6.07) is 0. The second-order valence-corrected chi connectivity index (χ2v) is 2.33. The second-order valence-electron chi connectivity index (χ2n) is 2.33. The summed E-state index contributed by atoms with van der Waals surface area (Å²) < 4.78 is 0. The van der Waals surface area contributed by atoms with Crippen LogP contribution in [0.4, 0.5) is 0 Å². The quantitative estimate of drug-likeness (QED) is 0.425. The molecule has 0 bridgehead atoms. The van der Waals surface area contributed by atoms with Crippen LogP contribution in [0.1, 0.15) is 6.92 Å². The number of hydrogen-bond donors (Lipinski definition) is 3. The van der Waals surface area contributed by atoms with Crippen molar-refractivity contribution in [2.45, 2.75) is 6.92 Å². The molecular weight excluding hydrogens is 114 g/mol. The summed E-state index contributed by atoms with van der Waals surface area (Å²) in [5.74, 6) is 0.566. The Morgan fingerprint density at radius 3 is 2.56 bits per heavy atom. The number of nitrogens with two attached hydrogens (primary N) is 2. The molecular formula is C6H17N3. The molecule has 0 aromatic heterocycles. The average Bonchev–Trinajstić information content (AvgIpc) is 1.89. The lowest BCUT2D eigenvalue weighted by molar-refractivity contribution is 0.527. The molecule has 3 heteroatoms. The molecule has 0 aromatic carbocycles. The van der Waals surface area contributed by atoms with E-state index in [9.17, 15) is 0 Å². The van der Waals surface area contributed by atoms with Gasteiger partial charge < -0.3 is 16.8 Å². The first-order valence-electron chi connectivity index (χ1n) is 3.42. The van der Waals surface area contributed by atoms with Crippen LogP contribution in [-0.2, 0) is 0 Å². The fourth-order valence-electron chi connectivity index (χ4n) is 0.534. The van der Waals surface area contributed by atoms with Crippen LogP contribution in [-0.4, -0.2) is 26.2 Å². The normalized spacial score (nSPS) is 13.7. The summed E-state index contributed by atoms with van der Waals surface area (Å²) in [4.78, 5) is 0. The van der Waals surface area contributed by atoms with Crippen LogP contribution < -0.4 is 16.8 Å². The molecule has 0 saturated carbocycles. The van der Waals surface area contributed by atoms with E-state index in [1.54, 1.807) is 0 Å². The first kappa shape index (κ1) is 8.88. The van der Waals surface area contributed by atoms with Gasteiger partial charge in [0.25, 0.3) is 0 Å². The van der Waals surface area contributed by atoms with Gasteiger partial charge in [0.1, 0.15) is 0 Å². The van der Waals surface area contributed by atoms with Crippen molar-refractivity contribution in [1.29, 1.82) is 0 Å². The maximum atomic E-state index is 5.38. The lowest BCUT2D eigenvalue weighted by Gasteiger charge is -2.07. The SMILES string of the molecule is CC(CN)CNCCN. The molecule has 0 aliphatic rings. The molecule has 56 valence electrons. The highest BCUT2D eigenvalue weighted by Gasteiger charge is 1.94. The molecule has 3 nitrogen and oxygen atoms in total. The third kappa shape index (κ3) is 5.76. The zero-order valence-corrected chi connectivity index (χ0v) is 6.06. The van der Waals surface area contributed by atoms with E-state index in [2.05, 4.69) is 12.2 Å². The van der Waals surface area contributed by atoms with E-state index >= 15 is 0 Å². The number of hydrogen-bond acceptors (Lipinski definition) is 3. The highest BCUT2D eigenvalue weighted by atomic mass is 14.9. The van der Waals surface area contributed by atoms with Crippen molar-refractivity contribution in [2.24, 2.45) is 17.4 Å². The van der Waals surface area contributed by atoms with E-state index in [-0.39, 0.29) is 0 Å². The standard InChI is InChI=1S/C6H17N3/c1-6(4-8)5-9-3-2-7/h6,9H,2-5,7-8H2,1H3. The summed E-state index contributed by atoms with van der Waals surface area (Å²) >= 11 is 0. The van der Waals surface area contributed by atoms with Gasteiger partial charge >= 0.3 is 0 Å². The van der Waals surface area contributed by atoms with Gasteiger partial charge in [0.15, 0.2) is 0 Å². The van der Waals surface area contributed by atoms with Crippen molar-refractivity contribution in [1.82, 2.24) is 5.32 Å². The van der Waals surface area contributed by atoms with Crippen molar-refractivity contribution in [2.75, 3.05) is 26.2 Å². The first-order chi connectivity index (χ1) is 4.31. The molecule has 0 aliphatic carbocycles. The van der Waals surface area contributed by atoms with Crippen molar-refractivity contribution in [3.63, 3.8) is 0 Å². The minimum absolute atomic E-state index is 0.566. The van der Waals surface area contributed by atoms with Gasteiger partial charge in [0.05, 0.1) is 0 Å². The number of nitrogens with one attached hydrogen (secondary N) is 1. The van der Waals surface area contributed by atoms with Crippen molar-refractivity contribution >= 4 is 0 Å². The monoisotopic (exact) mass is 131 g/mol. The van der Waals surface area contributed by atoms with Crippen LogP contribution in [0.3, 0.4) is 0 Å². The lowest BCUT2D eigenvalue weighted by atomic mass is 10.2. The summed E-state index contributed by atoms with van der Waals surface area (Å²) in [7, 11) is 0. The van der Waals surface area contributed by atoms with Crippen LogP contribution >= 0.6 is 0 Å². The molecule has 1 atom stereocenters. The van der Waals surface area contributed by atoms with E-state index in [0.717, 1.165) is 19.6 Å². The highest BCUT2D eigenvalue weighted by Crippen LogP contribution is 1.84. The molecule has 0 radical (unpaired) electrons. The Labute approximate surface area is 56.8 Å². The zero-order valence-electron chi connectivity index (χ0n) is 6.06. The predicted molar refractivity (Wildman–Crippen MR) is 40.1 cm³/mol. The lowest BCUT2D eigenvalue weighted by Crippen LogP contribution is -2.29. The van der Waals surface area contributed by atoms with Crippen LogP contribution in [0, 0.1) is 5.92 Å². The Bertz CT molecular complexity index is 56.3. The number of rotatable bonds is 5. The summed E-state index contributed by atoms with van der Waals surface area (Å²) in [5, 5.41) is 3.18. The van der Waals surface area contributed by atoms with Gasteiger partial charge in [-0.1, -0.05) is 6.92 Å². The maximum absolute atomic E-state index is 5.38. The largest absolute Gasteiger partial charge is 0.330 e. The Morgan fingerprint density at radius 1 is 1.44 bits per heavy atom. The second kappa shape index (κ2) is 6.01. The van der Waals surface area contributed by atoms with Crippen LogP contribution in [0.2, 0.25) is 0 Å². The molecule has 0 rings (SSSR count). The molecule has 0 aromatic rings. The topological polar surface area (TPSA) is 64.1 Å². The Morgan fingerprint density at radius 2 is 2.11 bits per heavy atom. The van der Waals surface area contributed by atoms with Gasteiger partial charge in [-0.3, -0.25) is 0 Å². The molecule has 0 saturated heterocycles. The van der Waals surface area contributed by atoms with Gasteiger partial charge in [-0.25, -0.2) is 0 Å². The average molecular weight is 131 g/mol. The van der Waals surface area contributed by atoms with Crippen LogP contribution in [0.25, 0.3) is 0 Å². The summed E-state index contributed by atoms with van der Waals surface area (Å²) in [6.07, 6.45) is 0. The van der Waals surface area contributed by atoms with Gasteiger partial charge in [0, 0.05) is 13.1 Å². The molecule has 0 spiro atoms. The van der Waals surface area contributed by atoms with E-state index < -0.39 is 0 Å². The first-order valence-corrected chi connectivity index (χ1v) is 3.42. The van der Waals surface area contributed by atoms with Gasteiger partial charge in [-0.2, -0.15) is 0 Å². The smallest absolute Gasteiger partial charge is 0.00746 e. The zero-order chi connectivity index (χ0) is 7.11. The molecule has 0 heterocycles. The van der Waals surface area contributed by atoms with Gasteiger partial charge in [-0.15, -0.1) is 0 Å². The Balaban J connectivity index is 2.88. The fraction of sp³-hybridized carbons (Fsp3) is 1.00. The third-order valence-electron chi connectivity index (χ3n) is 1.22. The third-order valence-corrected chi connectivity index (χ3v) is 1.22. The predicted octanol–water partition coefficient (Wildman–Crippen LogP) is -0.870. The minimum Gasteiger partial charge on any atom is -0.330 e. The van der Waals surface area contributed by atoms with E-state index in [1.807, 2.05) is 0 Å².